The quantitative estimate of drug-likeness (QED) is 0.537. The molecular formula is C18H18IN3O2S. The number of anilines is 2. The van der Waals surface area contributed by atoms with Crippen molar-refractivity contribution in [2.75, 3.05) is 36.5 Å². The summed E-state index contributed by atoms with van der Waals surface area (Å²) in [6, 6.07) is 15.3. The number of hydrogen-bond donors (Lipinski definition) is 2. The van der Waals surface area contributed by atoms with Gasteiger partial charge in [0.25, 0.3) is 5.91 Å². The first kappa shape index (κ1) is 18.1. The van der Waals surface area contributed by atoms with Gasteiger partial charge in [-0.3, -0.25) is 10.1 Å². The van der Waals surface area contributed by atoms with E-state index in [1.54, 1.807) is 12.1 Å². The summed E-state index contributed by atoms with van der Waals surface area (Å²) < 4.78 is 6.48. The second-order valence-electron chi connectivity index (χ2n) is 5.53. The zero-order valence-corrected chi connectivity index (χ0v) is 16.5. The van der Waals surface area contributed by atoms with Crippen LogP contribution in [0.1, 0.15) is 10.4 Å². The molecule has 5 nitrogen and oxygen atoms in total. The first-order valence-electron chi connectivity index (χ1n) is 7.93. The van der Waals surface area contributed by atoms with Gasteiger partial charge in [0.05, 0.1) is 24.6 Å². The van der Waals surface area contributed by atoms with Crippen LogP contribution in [0.4, 0.5) is 11.4 Å². The summed E-state index contributed by atoms with van der Waals surface area (Å²) in [6.07, 6.45) is 0. The molecule has 2 aromatic rings. The van der Waals surface area contributed by atoms with Crippen LogP contribution in [0.5, 0.6) is 0 Å². The van der Waals surface area contributed by atoms with E-state index >= 15 is 0 Å². The van der Waals surface area contributed by atoms with Gasteiger partial charge in [-0.1, -0.05) is 12.1 Å². The van der Waals surface area contributed by atoms with Crippen molar-refractivity contribution in [3.63, 3.8) is 0 Å². The summed E-state index contributed by atoms with van der Waals surface area (Å²) in [5, 5.41) is 6.15. The molecule has 1 amide bonds. The van der Waals surface area contributed by atoms with Crippen molar-refractivity contribution in [2.24, 2.45) is 0 Å². The molecule has 0 aromatic heterocycles. The molecule has 1 heterocycles. The van der Waals surface area contributed by atoms with Gasteiger partial charge >= 0.3 is 0 Å². The van der Waals surface area contributed by atoms with Gasteiger partial charge in [0.15, 0.2) is 5.11 Å². The molecule has 1 fully saturated rings. The van der Waals surface area contributed by atoms with Crippen molar-refractivity contribution in [1.82, 2.24) is 5.32 Å². The fourth-order valence-corrected chi connectivity index (χ4v) is 3.15. The fraction of sp³-hybridized carbons (Fsp3) is 0.222. The second kappa shape index (κ2) is 8.59. The second-order valence-corrected chi connectivity index (χ2v) is 7.19. The molecule has 2 aromatic carbocycles. The van der Waals surface area contributed by atoms with Gasteiger partial charge in [0.1, 0.15) is 0 Å². The average Bonchev–Trinajstić information content (AvgIpc) is 2.63. The number of carbonyl (C=O) groups is 1. The standard InChI is InChI=1S/C18H18IN3O2S/c19-14-7-5-13(6-8-14)17(23)21-18(25)20-15-3-1-2-4-16(15)22-9-11-24-12-10-22/h1-8H,9-12H2,(H2,20,21,23,25). The monoisotopic (exact) mass is 467 g/mol. The molecule has 0 unspecified atom stereocenters. The number of halogens is 1. The Morgan fingerprint density at radius 1 is 1.08 bits per heavy atom. The molecule has 130 valence electrons. The van der Waals surface area contributed by atoms with Crippen LogP contribution in [0.2, 0.25) is 0 Å². The lowest BCUT2D eigenvalue weighted by atomic mass is 10.2. The van der Waals surface area contributed by atoms with Crippen molar-refractivity contribution < 1.29 is 9.53 Å². The van der Waals surface area contributed by atoms with Crippen molar-refractivity contribution in [3.05, 3.63) is 57.7 Å². The van der Waals surface area contributed by atoms with E-state index in [0.717, 1.165) is 28.0 Å². The largest absolute Gasteiger partial charge is 0.378 e. The molecule has 0 spiro atoms. The van der Waals surface area contributed by atoms with Crippen LogP contribution in [0.3, 0.4) is 0 Å². The van der Waals surface area contributed by atoms with E-state index in [-0.39, 0.29) is 11.0 Å². The topological polar surface area (TPSA) is 53.6 Å². The molecule has 0 saturated carbocycles. The molecule has 1 aliphatic rings. The molecule has 3 rings (SSSR count). The normalized spacial score (nSPS) is 14.0. The van der Waals surface area contributed by atoms with Gasteiger partial charge in [-0.05, 0) is 71.2 Å². The average molecular weight is 467 g/mol. The lowest BCUT2D eigenvalue weighted by molar-refractivity contribution is 0.0977. The number of nitrogens with one attached hydrogen (secondary N) is 2. The Morgan fingerprint density at radius 2 is 1.76 bits per heavy atom. The summed E-state index contributed by atoms with van der Waals surface area (Å²) in [5.74, 6) is -0.224. The van der Waals surface area contributed by atoms with E-state index in [9.17, 15) is 4.79 Å². The number of carbonyl (C=O) groups excluding carboxylic acids is 1. The maximum absolute atomic E-state index is 12.3. The Labute approximate surface area is 165 Å². The van der Waals surface area contributed by atoms with Gasteiger partial charge in [-0.2, -0.15) is 0 Å². The van der Waals surface area contributed by atoms with Crippen molar-refractivity contribution in [3.8, 4) is 0 Å². The Hall–Kier alpha value is -1.71. The Morgan fingerprint density at radius 3 is 2.48 bits per heavy atom. The van der Waals surface area contributed by atoms with Crippen LogP contribution in [0.15, 0.2) is 48.5 Å². The minimum Gasteiger partial charge on any atom is -0.378 e. The molecule has 2 N–H and O–H groups in total. The zero-order valence-electron chi connectivity index (χ0n) is 13.5. The first-order valence-corrected chi connectivity index (χ1v) is 9.42. The third kappa shape index (κ3) is 4.90. The number of amides is 1. The zero-order chi connectivity index (χ0) is 17.6. The van der Waals surface area contributed by atoms with Crippen LogP contribution >= 0.6 is 34.8 Å². The highest BCUT2D eigenvalue weighted by atomic mass is 127. The van der Waals surface area contributed by atoms with Crippen LogP contribution in [-0.2, 0) is 4.74 Å². The molecule has 1 saturated heterocycles. The van der Waals surface area contributed by atoms with Crippen LogP contribution in [-0.4, -0.2) is 37.3 Å². The maximum atomic E-state index is 12.3. The van der Waals surface area contributed by atoms with Crippen LogP contribution in [0, 0.1) is 3.57 Å². The van der Waals surface area contributed by atoms with Crippen LogP contribution < -0.4 is 15.5 Å². The Kier molecular flexibility index (Phi) is 6.22. The van der Waals surface area contributed by atoms with Crippen molar-refractivity contribution in [1.29, 1.82) is 0 Å². The summed E-state index contributed by atoms with van der Waals surface area (Å²) in [4.78, 5) is 14.5. The summed E-state index contributed by atoms with van der Waals surface area (Å²) >= 11 is 7.51. The molecule has 7 heteroatoms. The van der Waals surface area contributed by atoms with Gasteiger partial charge in [-0.25, -0.2) is 0 Å². The Balaban J connectivity index is 1.66. The number of morpholine rings is 1. The number of rotatable bonds is 3. The number of ether oxygens (including phenoxy) is 1. The smallest absolute Gasteiger partial charge is 0.257 e. The van der Waals surface area contributed by atoms with E-state index in [2.05, 4.69) is 38.1 Å². The third-order valence-corrected chi connectivity index (χ3v) is 4.76. The summed E-state index contributed by atoms with van der Waals surface area (Å²) in [5.41, 5.74) is 2.50. The van der Waals surface area contributed by atoms with Crippen molar-refractivity contribution >= 4 is 57.2 Å². The molecular weight excluding hydrogens is 449 g/mol. The summed E-state index contributed by atoms with van der Waals surface area (Å²) in [6.45, 7) is 3.09. The van der Waals surface area contributed by atoms with E-state index in [4.69, 9.17) is 17.0 Å². The van der Waals surface area contributed by atoms with Gasteiger partial charge in [0, 0.05) is 22.2 Å². The first-order chi connectivity index (χ1) is 12.1. The van der Waals surface area contributed by atoms with Gasteiger partial charge in [0.2, 0.25) is 0 Å². The molecule has 25 heavy (non-hydrogen) atoms. The third-order valence-electron chi connectivity index (χ3n) is 3.84. The lowest BCUT2D eigenvalue weighted by Gasteiger charge is -2.30. The van der Waals surface area contributed by atoms with E-state index in [1.165, 1.54) is 0 Å². The predicted octanol–water partition coefficient (Wildman–Crippen LogP) is 3.25. The highest BCUT2D eigenvalue weighted by molar-refractivity contribution is 14.1. The van der Waals surface area contributed by atoms with Crippen molar-refractivity contribution in [2.45, 2.75) is 0 Å². The highest BCUT2D eigenvalue weighted by Gasteiger charge is 2.15. The van der Waals surface area contributed by atoms with Gasteiger partial charge in [-0.15, -0.1) is 0 Å². The highest BCUT2D eigenvalue weighted by Crippen LogP contribution is 2.26. The van der Waals surface area contributed by atoms with E-state index < -0.39 is 0 Å². The summed E-state index contributed by atoms with van der Waals surface area (Å²) in [7, 11) is 0. The number of benzene rings is 2. The number of hydrogen-bond acceptors (Lipinski definition) is 4. The number of thiocarbonyl (C=S) groups is 1. The number of para-hydroxylation sites is 2. The Bertz CT molecular complexity index is 761. The molecule has 0 atom stereocenters. The molecule has 1 aliphatic heterocycles. The minimum atomic E-state index is -0.224. The maximum Gasteiger partial charge on any atom is 0.257 e. The molecule has 0 radical (unpaired) electrons. The minimum absolute atomic E-state index is 0.224. The fourth-order valence-electron chi connectivity index (χ4n) is 2.59. The molecule has 0 bridgehead atoms. The predicted molar refractivity (Wildman–Crippen MR) is 112 cm³/mol. The molecule has 0 aliphatic carbocycles. The number of nitrogens with zero attached hydrogens (tertiary/aromatic N) is 1. The van der Waals surface area contributed by atoms with Crippen LogP contribution in [0.25, 0.3) is 0 Å². The van der Waals surface area contributed by atoms with E-state index in [0.29, 0.717) is 18.8 Å². The van der Waals surface area contributed by atoms with Gasteiger partial charge < -0.3 is 15.0 Å². The van der Waals surface area contributed by atoms with E-state index in [1.807, 2.05) is 36.4 Å². The lowest BCUT2D eigenvalue weighted by Crippen LogP contribution is -2.38. The SMILES string of the molecule is O=C(NC(=S)Nc1ccccc1N1CCOCC1)c1ccc(I)cc1.